The minimum absolute atomic E-state index is 0.186. The fourth-order valence-corrected chi connectivity index (χ4v) is 2.82. The van der Waals surface area contributed by atoms with Crippen molar-refractivity contribution in [2.75, 3.05) is 5.75 Å². The van der Waals surface area contributed by atoms with Crippen LogP contribution in [0.1, 0.15) is 24.8 Å². The van der Waals surface area contributed by atoms with E-state index in [4.69, 9.17) is 5.73 Å². The van der Waals surface area contributed by atoms with Crippen LogP contribution in [0.4, 0.5) is 0 Å². The molecule has 0 radical (unpaired) electrons. The average Bonchev–Trinajstić information content (AvgIpc) is 2.37. The van der Waals surface area contributed by atoms with Gasteiger partial charge in [-0.15, -0.1) is 23.1 Å². The summed E-state index contributed by atoms with van der Waals surface area (Å²) in [6.45, 7) is 4.18. The molecule has 0 aromatic carbocycles. The Hall–Kier alpha value is 0.01000. The predicted octanol–water partition coefficient (Wildman–Crippen LogP) is 2.88. The maximum atomic E-state index is 5.72. The lowest BCUT2D eigenvalue weighted by Gasteiger charge is -1.97. The molecule has 0 fully saturated rings. The molecule has 1 aromatic rings. The first-order valence-electron chi connectivity index (χ1n) is 3.72. The third-order valence-corrected chi connectivity index (χ3v) is 3.73. The Balaban J connectivity index is 2.66. The SMILES string of the molecule is CCSc1ccc(C(C)N)s1. The van der Waals surface area contributed by atoms with Crippen LogP contribution >= 0.6 is 23.1 Å². The van der Waals surface area contributed by atoms with Crippen LogP contribution in [0.25, 0.3) is 0 Å². The Morgan fingerprint density at radius 1 is 1.64 bits per heavy atom. The zero-order valence-corrected chi connectivity index (χ0v) is 8.47. The molecule has 1 rings (SSSR count). The molecule has 11 heavy (non-hydrogen) atoms. The fraction of sp³-hybridized carbons (Fsp3) is 0.500. The zero-order valence-electron chi connectivity index (χ0n) is 6.83. The van der Waals surface area contributed by atoms with Crippen LogP contribution in [0, 0.1) is 0 Å². The summed E-state index contributed by atoms with van der Waals surface area (Å²) >= 11 is 3.68. The fourth-order valence-electron chi connectivity index (χ4n) is 0.799. The van der Waals surface area contributed by atoms with Crippen molar-refractivity contribution in [3.8, 4) is 0 Å². The van der Waals surface area contributed by atoms with Gasteiger partial charge in [-0.3, -0.25) is 0 Å². The Labute approximate surface area is 76.0 Å². The largest absolute Gasteiger partial charge is 0.324 e. The van der Waals surface area contributed by atoms with Crippen molar-refractivity contribution in [2.45, 2.75) is 24.1 Å². The molecular weight excluding hydrogens is 174 g/mol. The summed E-state index contributed by atoms with van der Waals surface area (Å²) < 4.78 is 1.37. The molecule has 1 aromatic heterocycles. The molecule has 0 aliphatic carbocycles. The van der Waals surface area contributed by atoms with E-state index in [1.165, 1.54) is 9.09 Å². The van der Waals surface area contributed by atoms with Gasteiger partial charge in [-0.1, -0.05) is 6.92 Å². The number of thioether (sulfide) groups is 1. The molecule has 0 bridgehead atoms. The summed E-state index contributed by atoms with van der Waals surface area (Å²) in [5.41, 5.74) is 5.72. The van der Waals surface area contributed by atoms with E-state index in [0.29, 0.717) is 0 Å². The number of nitrogens with two attached hydrogens (primary N) is 1. The van der Waals surface area contributed by atoms with E-state index in [-0.39, 0.29) is 6.04 Å². The van der Waals surface area contributed by atoms with Crippen LogP contribution in [0.5, 0.6) is 0 Å². The molecule has 0 saturated heterocycles. The number of rotatable bonds is 3. The molecule has 1 nitrogen and oxygen atoms in total. The van der Waals surface area contributed by atoms with Crippen molar-refractivity contribution in [3.05, 3.63) is 17.0 Å². The van der Waals surface area contributed by atoms with E-state index in [1.807, 2.05) is 18.7 Å². The van der Waals surface area contributed by atoms with E-state index < -0.39 is 0 Å². The van der Waals surface area contributed by atoms with Crippen LogP contribution in [0.3, 0.4) is 0 Å². The first-order valence-corrected chi connectivity index (χ1v) is 5.52. The van der Waals surface area contributed by atoms with Gasteiger partial charge >= 0.3 is 0 Å². The van der Waals surface area contributed by atoms with Crippen LogP contribution in [-0.4, -0.2) is 5.75 Å². The maximum Gasteiger partial charge on any atom is 0.0601 e. The summed E-state index contributed by atoms with van der Waals surface area (Å²) in [6, 6.07) is 4.46. The highest BCUT2D eigenvalue weighted by atomic mass is 32.2. The van der Waals surface area contributed by atoms with E-state index in [0.717, 1.165) is 5.75 Å². The zero-order chi connectivity index (χ0) is 8.27. The van der Waals surface area contributed by atoms with Crippen molar-refractivity contribution < 1.29 is 0 Å². The van der Waals surface area contributed by atoms with Gasteiger partial charge in [0.1, 0.15) is 0 Å². The number of hydrogen-bond acceptors (Lipinski definition) is 3. The van der Waals surface area contributed by atoms with Crippen molar-refractivity contribution in [3.63, 3.8) is 0 Å². The lowest BCUT2D eigenvalue weighted by atomic mass is 10.3. The van der Waals surface area contributed by atoms with Crippen molar-refractivity contribution in [2.24, 2.45) is 5.73 Å². The summed E-state index contributed by atoms with van der Waals surface area (Å²) in [7, 11) is 0. The van der Waals surface area contributed by atoms with Crippen molar-refractivity contribution in [1.29, 1.82) is 0 Å². The summed E-state index contributed by atoms with van der Waals surface area (Å²) in [5.74, 6) is 1.14. The van der Waals surface area contributed by atoms with Gasteiger partial charge in [-0.25, -0.2) is 0 Å². The molecule has 0 spiro atoms. The molecule has 3 heteroatoms. The highest BCUT2D eigenvalue weighted by Crippen LogP contribution is 2.29. The summed E-state index contributed by atoms with van der Waals surface area (Å²) in [4.78, 5) is 1.28. The van der Waals surface area contributed by atoms with Crippen LogP contribution < -0.4 is 5.73 Å². The van der Waals surface area contributed by atoms with Crippen LogP contribution in [-0.2, 0) is 0 Å². The lowest BCUT2D eigenvalue weighted by Crippen LogP contribution is -2.01. The standard InChI is InChI=1S/C8H13NS2/c1-3-10-8-5-4-7(11-8)6(2)9/h4-6H,3,9H2,1-2H3. The Kier molecular flexibility index (Phi) is 3.43. The molecule has 0 aliphatic heterocycles. The Morgan fingerprint density at radius 2 is 2.36 bits per heavy atom. The summed E-state index contributed by atoms with van der Waals surface area (Å²) in [6.07, 6.45) is 0. The molecule has 0 aliphatic rings. The quantitative estimate of drug-likeness (QED) is 0.736. The highest BCUT2D eigenvalue weighted by Gasteiger charge is 2.02. The first-order chi connectivity index (χ1) is 5.24. The third-order valence-electron chi connectivity index (χ3n) is 1.34. The van der Waals surface area contributed by atoms with Gasteiger partial charge in [0.25, 0.3) is 0 Å². The second-order valence-corrected chi connectivity index (χ2v) is 5.06. The monoisotopic (exact) mass is 187 g/mol. The smallest absolute Gasteiger partial charge is 0.0601 e. The molecular formula is C8H13NS2. The van der Waals surface area contributed by atoms with E-state index in [9.17, 15) is 0 Å². The Bertz CT molecular complexity index is 218. The molecule has 1 heterocycles. The lowest BCUT2D eigenvalue weighted by molar-refractivity contribution is 0.838. The topological polar surface area (TPSA) is 26.0 Å². The van der Waals surface area contributed by atoms with Crippen molar-refractivity contribution >= 4 is 23.1 Å². The predicted molar refractivity (Wildman–Crippen MR) is 53.3 cm³/mol. The van der Waals surface area contributed by atoms with Gasteiger partial charge in [0.2, 0.25) is 0 Å². The highest BCUT2D eigenvalue weighted by molar-refractivity contribution is 8.01. The number of hydrogen-bond donors (Lipinski definition) is 1. The normalized spacial score (nSPS) is 13.4. The van der Waals surface area contributed by atoms with Gasteiger partial charge in [0.05, 0.1) is 4.21 Å². The molecule has 0 saturated carbocycles. The van der Waals surface area contributed by atoms with E-state index >= 15 is 0 Å². The first kappa shape index (κ1) is 9.10. The van der Waals surface area contributed by atoms with Gasteiger partial charge in [-0.2, -0.15) is 0 Å². The van der Waals surface area contributed by atoms with Crippen molar-refractivity contribution in [1.82, 2.24) is 0 Å². The molecule has 2 N–H and O–H groups in total. The number of thiophene rings is 1. The maximum absolute atomic E-state index is 5.72. The third kappa shape index (κ3) is 2.51. The molecule has 62 valence electrons. The van der Waals surface area contributed by atoms with Gasteiger partial charge in [0, 0.05) is 10.9 Å². The average molecular weight is 187 g/mol. The van der Waals surface area contributed by atoms with Crippen LogP contribution in [0.15, 0.2) is 16.3 Å². The minimum Gasteiger partial charge on any atom is -0.324 e. The second kappa shape index (κ2) is 4.14. The minimum atomic E-state index is 0.186. The Morgan fingerprint density at radius 3 is 2.82 bits per heavy atom. The van der Waals surface area contributed by atoms with Gasteiger partial charge in [-0.05, 0) is 24.8 Å². The van der Waals surface area contributed by atoms with Crippen LogP contribution in [0.2, 0.25) is 0 Å². The van der Waals surface area contributed by atoms with Gasteiger partial charge < -0.3 is 5.73 Å². The summed E-state index contributed by atoms with van der Waals surface area (Å²) in [5, 5.41) is 0. The molecule has 1 unspecified atom stereocenters. The molecule has 0 amide bonds. The van der Waals surface area contributed by atoms with E-state index in [2.05, 4.69) is 19.1 Å². The van der Waals surface area contributed by atoms with E-state index in [1.54, 1.807) is 11.3 Å². The molecule has 1 atom stereocenters. The van der Waals surface area contributed by atoms with Gasteiger partial charge in [0.15, 0.2) is 0 Å². The second-order valence-electron chi connectivity index (χ2n) is 2.38.